The highest BCUT2D eigenvalue weighted by Gasteiger charge is 2.16. The molecule has 80 valence electrons. The van der Waals surface area contributed by atoms with Gasteiger partial charge in [-0.25, -0.2) is 0 Å². The van der Waals surface area contributed by atoms with Crippen LogP contribution in [0.1, 0.15) is 18.1 Å². The summed E-state index contributed by atoms with van der Waals surface area (Å²) in [5.74, 6) is 0. The molecule has 0 bridgehead atoms. The largest absolute Gasteiger partial charge is 0.398 e. The van der Waals surface area contributed by atoms with E-state index >= 15 is 0 Å². The van der Waals surface area contributed by atoms with E-state index in [9.17, 15) is 5.21 Å². The van der Waals surface area contributed by atoms with Crippen molar-refractivity contribution in [1.29, 1.82) is 0 Å². The van der Waals surface area contributed by atoms with E-state index in [0.717, 1.165) is 28.5 Å². The molecule has 1 aromatic carbocycles. The van der Waals surface area contributed by atoms with Crippen LogP contribution in [0.25, 0.3) is 0 Å². The minimum Gasteiger partial charge on any atom is -0.398 e. The Morgan fingerprint density at radius 3 is 3.13 bits per heavy atom. The first-order valence-electron chi connectivity index (χ1n) is 4.88. The summed E-state index contributed by atoms with van der Waals surface area (Å²) in [6, 6.07) is 3.76. The van der Waals surface area contributed by atoms with Crippen LogP contribution < -0.4 is 11.1 Å². The fourth-order valence-corrected chi connectivity index (χ4v) is 1.66. The van der Waals surface area contributed by atoms with Gasteiger partial charge in [0.1, 0.15) is 0 Å². The molecule has 15 heavy (non-hydrogen) atoms. The van der Waals surface area contributed by atoms with Gasteiger partial charge < -0.3 is 11.1 Å². The molecule has 0 spiro atoms. The van der Waals surface area contributed by atoms with Gasteiger partial charge in [-0.05, 0) is 19.1 Å². The van der Waals surface area contributed by atoms with Crippen molar-refractivity contribution in [2.24, 2.45) is 5.10 Å². The second-order valence-corrected chi connectivity index (χ2v) is 3.40. The molecule has 1 aliphatic rings. The third-order valence-electron chi connectivity index (χ3n) is 2.38. The van der Waals surface area contributed by atoms with Gasteiger partial charge in [0.2, 0.25) is 0 Å². The van der Waals surface area contributed by atoms with E-state index in [1.807, 2.05) is 19.1 Å². The maximum Gasteiger partial charge on any atom is 0.0923 e. The molecular weight excluding hydrogens is 192 g/mol. The fraction of sp³-hybridized carbons (Fsp3) is 0.300. The Morgan fingerprint density at radius 2 is 2.40 bits per heavy atom. The van der Waals surface area contributed by atoms with E-state index in [1.54, 1.807) is 6.21 Å². The third-order valence-corrected chi connectivity index (χ3v) is 2.38. The van der Waals surface area contributed by atoms with Gasteiger partial charge in [0, 0.05) is 29.0 Å². The van der Waals surface area contributed by atoms with Crippen molar-refractivity contribution in [2.45, 2.75) is 13.5 Å². The van der Waals surface area contributed by atoms with Gasteiger partial charge >= 0.3 is 0 Å². The average Bonchev–Trinajstić information content (AvgIpc) is 2.23. The zero-order chi connectivity index (χ0) is 10.8. The molecule has 0 saturated heterocycles. The van der Waals surface area contributed by atoms with Crippen LogP contribution in [0.2, 0.25) is 0 Å². The molecule has 0 aromatic heterocycles. The van der Waals surface area contributed by atoms with Gasteiger partial charge in [0.25, 0.3) is 0 Å². The summed E-state index contributed by atoms with van der Waals surface area (Å²) >= 11 is 0. The topological polar surface area (TPSA) is 73.9 Å². The van der Waals surface area contributed by atoms with Crippen molar-refractivity contribution in [2.75, 3.05) is 17.6 Å². The van der Waals surface area contributed by atoms with Crippen molar-refractivity contribution in [3.05, 3.63) is 23.3 Å². The lowest BCUT2D eigenvalue weighted by molar-refractivity contribution is -0.0988. The van der Waals surface area contributed by atoms with Crippen molar-refractivity contribution in [3.63, 3.8) is 0 Å². The number of rotatable bonds is 2. The first-order valence-corrected chi connectivity index (χ1v) is 4.88. The summed E-state index contributed by atoms with van der Waals surface area (Å²) in [5.41, 5.74) is 9.39. The summed E-state index contributed by atoms with van der Waals surface area (Å²) in [5, 5.41) is 17.2. The smallest absolute Gasteiger partial charge is 0.0923 e. The summed E-state index contributed by atoms with van der Waals surface area (Å²) in [6.07, 6.45) is 1.62. The Labute approximate surface area is 88.1 Å². The molecular formula is C10H14N4O. The average molecular weight is 206 g/mol. The number of nitrogen functional groups attached to an aromatic ring is 1. The number of benzene rings is 1. The molecule has 4 N–H and O–H groups in total. The minimum absolute atomic E-state index is 0.330. The molecule has 2 rings (SSSR count). The Morgan fingerprint density at radius 1 is 1.60 bits per heavy atom. The van der Waals surface area contributed by atoms with Crippen LogP contribution in [0, 0.1) is 0 Å². The van der Waals surface area contributed by atoms with E-state index in [2.05, 4.69) is 10.4 Å². The lowest BCUT2D eigenvalue weighted by Crippen LogP contribution is -2.20. The lowest BCUT2D eigenvalue weighted by atomic mass is 10.0. The molecule has 0 radical (unpaired) electrons. The molecule has 5 heteroatoms. The number of hydrogen-bond donors (Lipinski definition) is 3. The van der Waals surface area contributed by atoms with Gasteiger partial charge in [0.15, 0.2) is 0 Å². The second-order valence-electron chi connectivity index (χ2n) is 3.40. The van der Waals surface area contributed by atoms with Gasteiger partial charge in [-0.1, -0.05) is 0 Å². The van der Waals surface area contributed by atoms with Crippen LogP contribution in [0.4, 0.5) is 11.4 Å². The van der Waals surface area contributed by atoms with Crippen LogP contribution in [0.15, 0.2) is 17.2 Å². The molecule has 1 aliphatic heterocycles. The number of hydrazone groups is 1. The van der Waals surface area contributed by atoms with Gasteiger partial charge in [-0.2, -0.15) is 10.3 Å². The normalized spacial score (nSPS) is 13.9. The van der Waals surface area contributed by atoms with Crippen LogP contribution in [-0.4, -0.2) is 23.1 Å². The van der Waals surface area contributed by atoms with Gasteiger partial charge in [0.05, 0.1) is 12.8 Å². The summed E-state index contributed by atoms with van der Waals surface area (Å²) < 4.78 is 0. The number of hydroxylamine groups is 1. The zero-order valence-corrected chi connectivity index (χ0v) is 8.57. The van der Waals surface area contributed by atoms with E-state index < -0.39 is 0 Å². The molecule has 0 aliphatic carbocycles. The van der Waals surface area contributed by atoms with E-state index in [1.165, 1.54) is 0 Å². The SMILES string of the molecule is CCNc1ccc(N)c2c1C=NN(O)C2. The minimum atomic E-state index is 0.330. The highest BCUT2D eigenvalue weighted by Crippen LogP contribution is 2.27. The summed E-state index contributed by atoms with van der Waals surface area (Å²) in [7, 11) is 0. The molecule has 0 fully saturated rings. The Bertz CT molecular complexity index is 403. The highest BCUT2D eigenvalue weighted by molar-refractivity contribution is 5.92. The van der Waals surface area contributed by atoms with Gasteiger partial charge in [-0.3, -0.25) is 5.21 Å². The van der Waals surface area contributed by atoms with Crippen molar-refractivity contribution in [1.82, 2.24) is 5.17 Å². The monoisotopic (exact) mass is 206 g/mol. The van der Waals surface area contributed by atoms with Crippen LogP contribution in [0.5, 0.6) is 0 Å². The number of nitrogens with one attached hydrogen (secondary N) is 1. The quantitative estimate of drug-likeness (QED) is 0.636. The maximum absolute atomic E-state index is 9.26. The second kappa shape index (κ2) is 3.78. The molecule has 0 saturated carbocycles. The Hall–Kier alpha value is -1.75. The molecule has 1 aromatic rings. The predicted octanol–water partition coefficient (Wildman–Crippen LogP) is 1.24. The first-order chi connectivity index (χ1) is 7.22. The Balaban J connectivity index is 2.48. The van der Waals surface area contributed by atoms with E-state index in [-0.39, 0.29) is 0 Å². The van der Waals surface area contributed by atoms with E-state index in [4.69, 9.17) is 5.73 Å². The maximum atomic E-state index is 9.26. The predicted molar refractivity (Wildman–Crippen MR) is 59.9 cm³/mol. The summed E-state index contributed by atoms with van der Waals surface area (Å²) in [4.78, 5) is 0. The van der Waals surface area contributed by atoms with Crippen LogP contribution in [-0.2, 0) is 6.54 Å². The molecule has 0 amide bonds. The van der Waals surface area contributed by atoms with Crippen LogP contribution in [0.3, 0.4) is 0 Å². The van der Waals surface area contributed by atoms with Crippen molar-refractivity contribution >= 4 is 17.6 Å². The number of nitrogens with two attached hydrogens (primary N) is 1. The number of hydrogen-bond acceptors (Lipinski definition) is 5. The molecule has 1 heterocycles. The fourth-order valence-electron chi connectivity index (χ4n) is 1.66. The highest BCUT2D eigenvalue weighted by atomic mass is 16.5. The number of anilines is 2. The number of fused-ring (bicyclic) bond motifs is 1. The third kappa shape index (κ3) is 1.73. The molecule has 0 unspecified atom stereocenters. The van der Waals surface area contributed by atoms with Gasteiger partial charge in [-0.15, -0.1) is 0 Å². The molecule has 5 nitrogen and oxygen atoms in total. The van der Waals surface area contributed by atoms with E-state index in [0.29, 0.717) is 12.2 Å². The zero-order valence-electron chi connectivity index (χ0n) is 8.57. The Kier molecular flexibility index (Phi) is 2.47. The standard InChI is InChI=1S/C10H14N4O/c1-2-12-10-4-3-9(11)8-6-14(15)13-5-7(8)10/h3-5,12,15H,2,6,11H2,1H3. The summed E-state index contributed by atoms with van der Waals surface area (Å²) in [6.45, 7) is 3.20. The van der Waals surface area contributed by atoms with Crippen molar-refractivity contribution < 1.29 is 5.21 Å². The van der Waals surface area contributed by atoms with Crippen molar-refractivity contribution in [3.8, 4) is 0 Å². The number of nitrogens with zero attached hydrogens (tertiary/aromatic N) is 2. The molecule has 0 atom stereocenters. The lowest BCUT2D eigenvalue weighted by Gasteiger charge is -2.21. The first kappa shape index (κ1) is 9.79. The van der Waals surface area contributed by atoms with Crippen LogP contribution >= 0.6 is 0 Å².